The summed E-state index contributed by atoms with van der Waals surface area (Å²) in [5, 5.41) is 5.94. The molecule has 0 bridgehead atoms. The van der Waals surface area contributed by atoms with E-state index in [1.165, 1.54) is 0 Å². The first kappa shape index (κ1) is 9.39. The van der Waals surface area contributed by atoms with Crippen molar-refractivity contribution in [1.82, 2.24) is 9.35 Å². The Balaban J connectivity index is 2.18. The van der Waals surface area contributed by atoms with Gasteiger partial charge in [0.2, 0.25) is 5.96 Å². The largest absolute Gasteiger partial charge is 0.367 e. The van der Waals surface area contributed by atoms with Gasteiger partial charge in [-0.1, -0.05) is 0 Å². The number of rotatable bonds is 2. The highest BCUT2D eigenvalue weighted by atomic mass is 15.6. The molecule has 0 radical (unpaired) electrons. The molecule has 0 amide bonds. The van der Waals surface area contributed by atoms with E-state index in [4.69, 9.17) is 5.73 Å². The fourth-order valence-corrected chi connectivity index (χ4v) is 1.22. The van der Waals surface area contributed by atoms with Crippen LogP contribution in [0.1, 0.15) is 0 Å². The van der Waals surface area contributed by atoms with E-state index < -0.39 is 0 Å². The number of guanidine groups is 1. The highest BCUT2D eigenvalue weighted by Crippen LogP contribution is 1.93. The summed E-state index contributed by atoms with van der Waals surface area (Å²) in [6, 6.07) is 7.65. The van der Waals surface area contributed by atoms with Gasteiger partial charge in [-0.2, -0.15) is 0 Å². The lowest BCUT2D eigenvalue weighted by molar-refractivity contribution is 0.774. The lowest BCUT2D eigenvalue weighted by Gasteiger charge is -2.18. The molecule has 0 spiro atoms. The van der Waals surface area contributed by atoms with Gasteiger partial charge in [0.1, 0.15) is 0 Å². The molecule has 78 valence electrons. The summed E-state index contributed by atoms with van der Waals surface area (Å²) in [5.41, 5.74) is 5.83. The van der Waals surface area contributed by atoms with Crippen LogP contribution in [0.15, 0.2) is 54.2 Å². The maximum absolute atomic E-state index is 5.83. The van der Waals surface area contributed by atoms with Gasteiger partial charge < -0.3 is 5.73 Å². The first-order valence-corrected chi connectivity index (χ1v) is 4.62. The van der Waals surface area contributed by atoms with Crippen molar-refractivity contribution < 1.29 is 0 Å². The molecule has 2 N–H and O–H groups in total. The lowest BCUT2D eigenvalue weighted by atomic mass is 10.7. The molecule has 2 heterocycles. The third-order valence-electron chi connectivity index (χ3n) is 2.07. The molecule has 2 rings (SSSR count). The topological polar surface area (TPSA) is 51.5 Å². The predicted octanol–water partition coefficient (Wildman–Crippen LogP) is 0.635. The minimum atomic E-state index is 0.419. The number of nitrogens with zero attached hydrogens (tertiary/aromatic N) is 4. The summed E-state index contributed by atoms with van der Waals surface area (Å²) in [7, 11) is 1.85. The quantitative estimate of drug-likeness (QED) is 0.575. The minimum Gasteiger partial charge on any atom is -0.367 e. The van der Waals surface area contributed by atoms with Crippen LogP contribution in [0.5, 0.6) is 0 Å². The zero-order valence-corrected chi connectivity index (χ0v) is 8.49. The fraction of sp³-hybridized carbons (Fsp3) is 0.100. The summed E-state index contributed by atoms with van der Waals surface area (Å²) in [4.78, 5) is 0. The molecule has 0 aliphatic carbocycles. The predicted molar refractivity (Wildman–Crippen MR) is 60.0 cm³/mol. The van der Waals surface area contributed by atoms with E-state index in [2.05, 4.69) is 5.10 Å². The third kappa shape index (κ3) is 2.01. The molecule has 0 aliphatic heterocycles. The number of hydrogen-bond donors (Lipinski definition) is 1. The van der Waals surface area contributed by atoms with Crippen LogP contribution in [0, 0.1) is 0 Å². The molecule has 5 nitrogen and oxygen atoms in total. The van der Waals surface area contributed by atoms with Crippen molar-refractivity contribution in [2.45, 2.75) is 0 Å². The van der Waals surface area contributed by atoms with E-state index in [1.54, 1.807) is 9.69 Å². The zero-order chi connectivity index (χ0) is 10.7. The molecular weight excluding hydrogens is 190 g/mol. The summed E-state index contributed by atoms with van der Waals surface area (Å²) >= 11 is 0. The lowest BCUT2D eigenvalue weighted by Crippen LogP contribution is -2.41. The second kappa shape index (κ2) is 3.91. The Morgan fingerprint density at radius 3 is 2.20 bits per heavy atom. The van der Waals surface area contributed by atoms with Crippen molar-refractivity contribution in [1.29, 1.82) is 0 Å². The van der Waals surface area contributed by atoms with Crippen molar-refractivity contribution >= 4 is 5.96 Å². The van der Waals surface area contributed by atoms with Crippen LogP contribution < -0.4 is 10.7 Å². The third-order valence-corrected chi connectivity index (χ3v) is 2.07. The SMILES string of the molecule is CN(C(N)=Nn1cccc1)n1cccc1. The first-order chi connectivity index (χ1) is 7.27. The van der Waals surface area contributed by atoms with Gasteiger partial charge in [0.25, 0.3) is 0 Å². The van der Waals surface area contributed by atoms with Crippen LogP contribution in [0.2, 0.25) is 0 Å². The summed E-state index contributed by atoms with van der Waals surface area (Å²) in [5.74, 6) is 0.419. The van der Waals surface area contributed by atoms with Gasteiger partial charge in [0.15, 0.2) is 0 Å². The van der Waals surface area contributed by atoms with Gasteiger partial charge in [-0.3, -0.25) is 9.69 Å². The Kier molecular flexibility index (Phi) is 2.45. The molecule has 0 unspecified atom stereocenters. The molecule has 0 fully saturated rings. The number of nitrogens with two attached hydrogens (primary N) is 1. The van der Waals surface area contributed by atoms with Gasteiger partial charge in [-0.15, -0.1) is 5.10 Å². The smallest absolute Gasteiger partial charge is 0.233 e. The van der Waals surface area contributed by atoms with E-state index in [1.807, 2.05) is 60.8 Å². The van der Waals surface area contributed by atoms with Crippen LogP contribution in [-0.2, 0) is 0 Å². The second-order valence-corrected chi connectivity index (χ2v) is 3.11. The Labute approximate surface area is 88.0 Å². The van der Waals surface area contributed by atoms with Gasteiger partial charge in [0.05, 0.1) is 0 Å². The number of aromatic nitrogens is 2. The molecule has 15 heavy (non-hydrogen) atoms. The standard InChI is InChI=1S/C10H13N5/c1-13(15-8-4-5-9-15)10(11)12-14-6-2-3-7-14/h2-9H,1H3,(H2,11,12). The maximum Gasteiger partial charge on any atom is 0.233 e. The van der Waals surface area contributed by atoms with Crippen LogP contribution in [0.3, 0.4) is 0 Å². The van der Waals surface area contributed by atoms with Gasteiger partial charge in [-0.05, 0) is 24.3 Å². The molecule has 2 aromatic rings. The Morgan fingerprint density at radius 2 is 1.60 bits per heavy atom. The van der Waals surface area contributed by atoms with E-state index in [9.17, 15) is 0 Å². The second-order valence-electron chi connectivity index (χ2n) is 3.11. The van der Waals surface area contributed by atoms with E-state index >= 15 is 0 Å². The molecule has 0 saturated heterocycles. The normalized spacial score (nSPS) is 11.7. The molecule has 0 aliphatic rings. The summed E-state index contributed by atoms with van der Waals surface area (Å²) < 4.78 is 3.51. The number of hydrogen-bond acceptors (Lipinski definition) is 1. The van der Waals surface area contributed by atoms with Crippen molar-refractivity contribution in [2.24, 2.45) is 10.8 Å². The average Bonchev–Trinajstić information content (AvgIpc) is 2.88. The van der Waals surface area contributed by atoms with Crippen LogP contribution in [-0.4, -0.2) is 22.4 Å². The maximum atomic E-state index is 5.83. The molecule has 2 aromatic heterocycles. The Bertz CT molecular complexity index is 426. The molecular formula is C10H13N5. The molecule has 0 atom stereocenters. The average molecular weight is 203 g/mol. The van der Waals surface area contributed by atoms with E-state index in [-0.39, 0.29) is 0 Å². The van der Waals surface area contributed by atoms with Gasteiger partial charge in [-0.25, -0.2) is 4.68 Å². The highest BCUT2D eigenvalue weighted by molar-refractivity contribution is 5.87. The molecule has 0 saturated carbocycles. The molecule has 5 heteroatoms. The van der Waals surface area contributed by atoms with Crippen LogP contribution in [0.25, 0.3) is 0 Å². The van der Waals surface area contributed by atoms with Gasteiger partial charge in [0, 0.05) is 31.8 Å². The zero-order valence-electron chi connectivity index (χ0n) is 8.49. The minimum absolute atomic E-state index is 0.419. The first-order valence-electron chi connectivity index (χ1n) is 4.62. The Morgan fingerprint density at radius 1 is 1.07 bits per heavy atom. The van der Waals surface area contributed by atoms with Crippen molar-refractivity contribution in [3.63, 3.8) is 0 Å². The summed E-state index contributed by atoms with van der Waals surface area (Å²) in [6.07, 6.45) is 7.46. The van der Waals surface area contributed by atoms with E-state index in [0.29, 0.717) is 5.96 Å². The van der Waals surface area contributed by atoms with Crippen molar-refractivity contribution in [2.75, 3.05) is 12.1 Å². The van der Waals surface area contributed by atoms with Crippen molar-refractivity contribution in [3.05, 3.63) is 49.1 Å². The monoisotopic (exact) mass is 203 g/mol. The Hall–Kier alpha value is -2.17. The fourth-order valence-electron chi connectivity index (χ4n) is 1.22. The highest BCUT2D eigenvalue weighted by Gasteiger charge is 2.01. The van der Waals surface area contributed by atoms with Gasteiger partial charge >= 0.3 is 0 Å². The molecule has 0 aromatic carbocycles. The van der Waals surface area contributed by atoms with Crippen LogP contribution in [0.4, 0.5) is 0 Å². The van der Waals surface area contributed by atoms with E-state index in [0.717, 1.165) is 0 Å². The van der Waals surface area contributed by atoms with Crippen molar-refractivity contribution in [3.8, 4) is 0 Å². The van der Waals surface area contributed by atoms with Crippen LogP contribution >= 0.6 is 0 Å². The summed E-state index contributed by atoms with van der Waals surface area (Å²) in [6.45, 7) is 0.